The van der Waals surface area contributed by atoms with E-state index in [2.05, 4.69) is 47.6 Å². The van der Waals surface area contributed by atoms with E-state index in [-0.39, 0.29) is 47.3 Å². The lowest BCUT2D eigenvalue weighted by Gasteiger charge is -2.70. The Labute approximate surface area is 334 Å². The monoisotopic (exact) mass is 810 g/mol. The average Bonchev–Trinajstić information content (AvgIpc) is 3.16. The molecule has 0 aromatic carbocycles. The number of aliphatic hydroxyl groups excluding tert-OH is 8. The van der Waals surface area contributed by atoms with Gasteiger partial charge < -0.3 is 64.9 Å². The summed E-state index contributed by atoms with van der Waals surface area (Å²) >= 11 is 0. The van der Waals surface area contributed by atoms with Crippen molar-refractivity contribution in [2.45, 2.75) is 167 Å². The Morgan fingerprint density at radius 1 is 0.754 bits per heavy atom. The maximum absolute atomic E-state index is 15.8. The standard InChI is InChI=1S/C42H66O15/c1-19-9-14-41(36(51)52)15-16-42(21(27(41)20(19)2)7-8-25-39(5)12-11-26(45)38(3,4)24(39)10-13-40(25,42)6)37(53)57-35-33(31(49)29(47)23(18-44)55-35)56-34-32(50)30(48)28(46)22(17-43)54-34/h7,19-20,22-35,43-50H,8-18H2,1-6H3,(H,51,52). The average molecular weight is 811 g/mol. The largest absolute Gasteiger partial charge is 0.481 e. The predicted octanol–water partition coefficient (Wildman–Crippen LogP) is 1.24. The van der Waals surface area contributed by atoms with Crippen molar-refractivity contribution in [1.29, 1.82) is 0 Å². The molecule has 2 heterocycles. The lowest BCUT2D eigenvalue weighted by Crippen LogP contribution is -2.69. The predicted molar refractivity (Wildman–Crippen MR) is 199 cm³/mol. The Morgan fingerprint density at radius 2 is 1.39 bits per heavy atom. The number of rotatable bonds is 7. The first kappa shape index (κ1) is 43.3. The van der Waals surface area contributed by atoms with E-state index in [1.165, 1.54) is 0 Å². The van der Waals surface area contributed by atoms with E-state index < -0.39 is 115 Å². The molecule has 15 heteroatoms. The second-order valence-electron chi connectivity index (χ2n) is 20.0. The molecule has 4 saturated carbocycles. The molecule has 7 aliphatic rings. The van der Waals surface area contributed by atoms with Gasteiger partial charge in [-0.2, -0.15) is 0 Å². The minimum absolute atomic E-state index is 0.0634. The summed E-state index contributed by atoms with van der Waals surface area (Å²) in [6.07, 6.45) is -10.7. The second-order valence-corrected chi connectivity index (χ2v) is 20.0. The lowest BCUT2D eigenvalue weighted by molar-refractivity contribution is -0.364. The van der Waals surface area contributed by atoms with Crippen molar-refractivity contribution in [3.8, 4) is 0 Å². The summed E-state index contributed by atoms with van der Waals surface area (Å²) in [7, 11) is 0. The molecule has 324 valence electrons. The highest BCUT2D eigenvalue weighted by atomic mass is 16.8. The summed E-state index contributed by atoms with van der Waals surface area (Å²) in [4.78, 5) is 29.2. The van der Waals surface area contributed by atoms with Crippen molar-refractivity contribution < 1.29 is 74.5 Å². The fourth-order valence-corrected chi connectivity index (χ4v) is 13.8. The van der Waals surface area contributed by atoms with Crippen LogP contribution < -0.4 is 0 Å². The molecule has 7 rings (SSSR count). The number of hydrogen-bond acceptors (Lipinski definition) is 14. The Hall–Kier alpha value is -1.76. The number of carboxylic acids is 1. The SMILES string of the molecule is CC1CCC2(C(=O)O)CCC3(C(=O)OC4OC(CO)C(O)C(O)C4OC4OC(CO)C(O)C(O)C4O)C(=CCC4C5(C)CCC(O)C(C)(C)C5CCC43C)C2C1C. The van der Waals surface area contributed by atoms with Gasteiger partial charge in [0.25, 0.3) is 0 Å². The number of allylic oxidation sites excluding steroid dienone is 1. The molecule has 0 aromatic heterocycles. The van der Waals surface area contributed by atoms with E-state index in [4.69, 9.17) is 18.9 Å². The highest BCUT2D eigenvalue weighted by Gasteiger charge is 2.74. The molecule has 5 aliphatic carbocycles. The fourth-order valence-electron chi connectivity index (χ4n) is 13.8. The summed E-state index contributed by atoms with van der Waals surface area (Å²) in [6.45, 7) is 11.3. The Morgan fingerprint density at radius 3 is 2.02 bits per heavy atom. The summed E-state index contributed by atoms with van der Waals surface area (Å²) in [5.74, 6) is -1.92. The van der Waals surface area contributed by atoms with Crippen LogP contribution in [-0.2, 0) is 28.5 Å². The molecule has 0 amide bonds. The molecule has 2 saturated heterocycles. The Balaban J connectivity index is 1.33. The van der Waals surface area contributed by atoms with Gasteiger partial charge in [0.2, 0.25) is 6.29 Å². The van der Waals surface area contributed by atoms with E-state index in [1.807, 2.05) is 0 Å². The molecular weight excluding hydrogens is 744 g/mol. The number of carbonyl (C=O) groups is 2. The van der Waals surface area contributed by atoms with Crippen molar-refractivity contribution in [3.63, 3.8) is 0 Å². The molecule has 2 aliphatic heterocycles. The molecule has 0 bridgehead atoms. The van der Waals surface area contributed by atoms with E-state index in [1.54, 1.807) is 0 Å². The Bertz CT molecular complexity index is 1570. The van der Waals surface area contributed by atoms with Gasteiger partial charge in [-0.15, -0.1) is 0 Å². The van der Waals surface area contributed by atoms with Crippen LogP contribution in [-0.4, -0.2) is 139 Å². The molecule has 15 nitrogen and oxygen atoms in total. The molecule has 20 unspecified atom stereocenters. The molecule has 57 heavy (non-hydrogen) atoms. The first-order valence-corrected chi connectivity index (χ1v) is 21.1. The molecule has 20 atom stereocenters. The highest BCUT2D eigenvalue weighted by Crippen LogP contribution is 2.76. The van der Waals surface area contributed by atoms with Crippen molar-refractivity contribution in [3.05, 3.63) is 11.6 Å². The van der Waals surface area contributed by atoms with Gasteiger partial charge in [0, 0.05) is 0 Å². The molecule has 0 aromatic rings. The molecule has 0 radical (unpaired) electrons. The van der Waals surface area contributed by atoms with Gasteiger partial charge >= 0.3 is 11.9 Å². The highest BCUT2D eigenvalue weighted by molar-refractivity contribution is 5.85. The van der Waals surface area contributed by atoms with Crippen LogP contribution >= 0.6 is 0 Å². The first-order chi connectivity index (χ1) is 26.7. The van der Waals surface area contributed by atoms with Crippen LogP contribution in [0.15, 0.2) is 11.6 Å². The maximum Gasteiger partial charge on any atom is 0.319 e. The van der Waals surface area contributed by atoms with Crippen LogP contribution in [0, 0.1) is 56.7 Å². The summed E-state index contributed by atoms with van der Waals surface area (Å²) in [5, 5.41) is 96.4. The van der Waals surface area contributed by atoms with Crippen LogP contribution in [0.25, 0.3) is 0 Å². The topological polar surface area (TPSA) is 253 Å². The van der Waals surface area contributed by atoms with Gasteiger partial charge in [0.05, 0.1) is 30.1 Å². The van der Waals surface area contributed by atoms with Crippen LogP contribution in [0.1, 0.15) is 99.3 Å². The van der Waals surface area contributed by atoms with Gasteiger partial charge in [-0.05, 0) is 104 Å². The molecular formula is C42H66O15. The van der Waals surface area contributed by atoms with Crippen LogP contribution in [0.4, 0.5) is 0 Å². The number of aliphatic carboxylic acids is 1. The third-order valence-electron chi connectivity index (χ3n) is 17.4. The molecule has 6 fully saturated rings. The first-order valence-electron chi connectivity index (χ1n) is 21.1. The number of carboxylic acid groups (broad SMARTS) is 1. The summed E-state index contributed by atoms with van der Waals surface area (Å²) < 4.78 is 23.9. The Kier molecular flexibility index (Phi) is 11.4. The normalized spacial score (nSPS) is 53.3. The van der Waals surface area contributed by atoms with Crippen LogP contribution in [0.2, 0.25) is 0 Å². The zero-order valence-electron chi connectivity index (χ0n) is 34.1. The molecule has 9 N–H and O–H groups in total. The van der Waals surface area contributed by atoms with Gasteiger partial charge in [0.1, 0.15) is 42.7 Å². The van der Waals surface area contributed by atoms with E-state index in [9.17, 15) is 50.8 Å². The van der Waals surface area contributed by atoms with Crippen molar-refractivity contribution >= 4 is 11.9 Å². The van der Waals surface area contributed by atoms with E-state index >= 15 is 4.79 Å². The third kappa shape index (κ3) is 6.14. The number of ether oxygens (including phenoxy) is 4. The molecule has 0 spiro atoms. The second kappa shape index (κ2) is 15.0. The number of hydrogen-bond donors (Lipinski definition) is 9. The number of aliphatic hydroxyl groups is 8. The zero-order valence-corrected chi connectivity index (χ0v) is 34.1. The third-order valence-corrected chi connectivity index (χ3v) is 17.4. The minimum Gasteiger partial charge on any atom is -0.481 e. The van der Waals surface area contributed by atoms with Gasteiger partial charge in [-0.3, -0.25) is 9.59 Å². The smallest absolute Gasteiger partial charge is 0.319 e. The summed E-state index contributed by atoms with van der Waals surface area (Å²) in [5.41, 5.74) is -3.16. The number of fused-ring (bicyclic) bond motifs is 7. The lowest BCUT2D eigenvalue weighted by atomic mass is 9.33. The van der Waals surface area contributed by atoms with Crippen molar-refractivity contribution in [2.75, 3.05) is 13.2 Å². The fraction of sp³-hybridized carbons (Fsp3) is 0.905. The van der Waals surface area contributed by atoms with Crippen LogP contribution in [0.3, 0.4) is 0 Å². The minimum atomic E-state index is -1.89. The number of carbonyl (C=O) groups excluding carboxylic acids is 1. The maximum atomic E-state index is 15.8. The van der Waals surface area contributed by atoms with Crippen molar-refractivity contribution in [1.82, 2.24) is 0 Å². The summed E-state index contributed by atoms with van der Waals surface area (Å²) in [6, 6.07) is 0. The van der Waals surface area contributed by atoms with Gasteiger partial charge in [0.15, 0.2) is 12.4 Å². The zero-order chi connectivity index (χ0) is 41.8. The quantitative estimate of drug-likeness (QED) is 0.130. The van der Waals surface area contributed by atoms with Gasteiger partial charge in [-0.1, -0.05) is 53.2 Å². The van der Waals surface area contributed by atoms with E-state index in [0.717, 1.165) is 24.8 Å². The number of esters is 1. The van der Waals surface area contributed by atoms with E-state index in [0.29, 0.717) is 25.7 Å². The van der Waals surface area contributed by atoms with Crippen molar-refractivity contribution in [2.24, 2.45) is 56.7 Å². The van der Waals surface area contributed by atoms with Gasteiger partial charge in [-0.25, -0.2) is 0 Å². The van der Waals surface area contributed by atoms with Crippen LogP contribution in [0.5, 0.6) is 0 Å².